The van der Waals surface area contributed by atoms with Crippen LogP contribution < -0.4 is 5.32 Å². The molecule has 0 saturated carbocycles. The van der Waals surface area contributed by atoms with Crippen molar-refractivity contribution in [2.45, 2.75) is 12.1 Å². The number of rotatable bonds is 2. The summed E-state index contributed by atoms with van der Waals surface area (Å²) in [5.74, 6) is 0. The molecule has 0 unspecified atom stereocenters. The quantitative estimate of drug-likeness (QED) is 0.356. The molecule has 0 bridgehead atoms. The second-order valence-electron chi connectivity index (χ2n) is 2.37. The van der Waals surface area contributed by atoms with Crippen molar-refractivity contribution in [3.05, 3.63) is 10.4 Å². The molecule has 1 amide bonds. The molecule has 1 heterocycles. The van der Waals surface area contributed by atoms with E-state index in [2.05, 4.69) is 15.3 Å². The molecule has 0 aromatic carbocycles. The Morgan fingerprint density at radius 1 is 1.75 bits per heavy atom. The third-order valence-electron chi connectivity index (χ3n) is 1.56. The van der Waals surface area contributed by atoms with Gasteiger partial charge in [0.05, 0.1) is 25.3 Å². The van der Waals surface area contributed by atoms with Crippen molar-refractivity contribution in [3.8, 4) is 0 Å². The molecule has 7 nitrogen and oxygen atoms in total. The monoisotopic (exact) mass is 172 g/mol. The van der Waals surface area contributed by atoms with E-state index in [1.54, 1.807) is 0 Å². The van der Waals surface area contributed by atoms with Crippen LogP contribution in [0.15, 0.2) is 5.11 Å². The fraction of sp³-hybridized carbons (Fsp3) is 0.800. The van der Waals surface area contributed by atoms with Gasteiger partial charge < -0.3 is 15.2 Å². The summed E-state index contributed by atoms with van der Waals surface area (Å²) in [6.45, 7) is 0.533. The number of azide groups is 1. The first-order valence-electron chi connectivity index (χ1n) is 3.35. The normalized spacial score (nSPS) is 27.7. The molecule has 66 valence electrons. The van der Waals surface area contributed by atoms with E-state index < -0.39 is 18.2 Å². The van der Waals surface area contributed by atoms with Crippen molar-refractivity contribution in [2.24, 2.45) is 5.11 Å². The summed E-state index contributed by atoms with van der Waals surface area (Å²) in [6.07, 6.45) is -1.14. The minimum Gasteiger partial charge on any atom is -0.465 e. The molecule has 0 aromatic heterocycles. The largest absolute Gasteiger partial charge is 0.465 e. The van der Waals surface area contributed by atoms with E-state index in [1.807, 2.05) is 0 Å². The molecule has 7 heteroatoms. The van der Waals surface area contributed by atoms with Crippen LogP contribution in [0, 0.1) is 0 Å². The third kappa shape index (κ3) is 2.01. The van der Waals surface area contributed by atoms with Gasteiger partial charge in [-0.1, -0.05) is 5.11 Å². The summed E-state index contributed by atoms with van der Waals surface area (Å²) in [5.41, 5.74) is 8.11. The molecular formula is C5H8N4O3. The molecule has 0 aliphatic carbocycles. The van der Waals surface area contributed by atoms with Crippen LogP contribution in [-0.4, -0.2) is 36.5 Å². The third-order valence-corrected chi connectivity index (χ3v) is 1.56. The molecule has 1 aliphatic heterocycles. The van der Waals surface area contributed by atoms with E-state index in [1.165, 1.54) is 0 Å². The van der Waals surface area contributed by atoms with Gasteiger partial charge in [0.25, 0.3) is 0 Å². The average Bonchev–Trinajstić information content (AvgIpc) is 2.37. The van der Waals surface area contributed by atoms with Crippen LogP contribution in [0.5, 0.6) is 0 Å². The van der Waals surface area contributed by atoms with Gasteiger partial charge in [-0.25, -0.2) is 4.79 Å². The van der Waals surface area contributed by atoms with Crippen molar-refractivity contribution in [1.29, 1.82) is 0 Å². The predicted octanol–water partition coefficient (Wildman–Crippen LogP) is 0.332. The molecule has 12 heavy (non-hydrogen) atoms. The van der Waals surface area contributed by atoms with Gasteiger partial charge in [0, 0.05) is 4.91 Å². The van der Waals surface area contributed by atoms with Crippen LogP contribution in [0.4, 0.5) is 4.79 Å². The van der Waals surface area contributed by atoms with Gasteiger partial charge in [-0.05, 0) is 5.53 Å². The summed E-state index contributed by atoms with van der Waals surface area (Å²) in [7, 11) is 0. The lowest BCUT2D eigenvalue weighted by Gasteiger charge is -2.11. The standard InChI is InChI=1S/C5H8N4O3/c6-9-8-4-2-12-1-3(4)7-5(10)11/h3-4,7H,1-2H2,(H,10,11)/t3-,4+/m0/s1. The number of ether oxygens (including phenoxy) is 1. The number of amides is 1. The van der Waals surface area contributed by atoms with Gasteiger partial charge in [-0.15, -0.1) is 0 Å². The van der Waals surface area contributed by atoms with Gasteiger partial charge in [-0.2, -0.15) is 0 Å². The Labute approximate surface area is 67.9 Å². The zero-order valence-electron chi connectivity index (χ0n) is 6.17. The summed E-state index contributed by atoms with van der Waals surface area (Å²) < 4.78 is 4.93. The van der Waals surface area contributed by atoms with Gasteiger partial charge in [0.2, 0.25) is 0 Å². The number of carbonyl (C=O) groups is 1. The van der Waals surface area contributed by atoms with E-state index in [0.29, 0.717) is 0 Å². The highest BCUT2D eigenvalue weighted by molar-refractivity contribution is 5.65. The summed E-state index contributed by atoms with van der Waals surface area (Å²) >= 11 is 0. The Bertz CT molecular complexity index is 225. The van der Waals surface area contributed by atoms with Gasteiger partial charge in [0.15, 0.2) is 0 Å². The van der Waals surface area contributed by atoms with Crippen molar-refractivity contribution in [2.75, 3.05) is 13.2 Å². The highest BCUT2D eigenvalue weighted by atomic mass is 16.5. The summed E-state index contributed by atoms with van der Waals surface area (Å²) in [5, 5.41) is 13.9. The molecule has 1 fully saturated rings. The van der Waals surface area contributed by atoms with Crippen LogP contribution in [0.3, 0.4) is 0 Å². The lowest BCUT2D eigenvalue weighted by molar-refractivity contribution is 0.175. The first-order chi connectivity index (χ1) is 5.74. The molecule has 2 N–H and O–H groups in total. The first kappa shape index (κ1) is 8.63. The van der Waals surface area contributed by atoms with Crippen molar-refractivity contribution in [1.82, 2.24) is 5.32 Å². The highest BCUT2D eigenvalue weighted by Crippen LogP contribution is 2.09. The maximum absolute atomic E-state index is 10.2. The predicted molar refractivity (Wildman–Crippen MR) is 38.7 cm³/mol. The van der Waals surface area contributed by atoms with Crippen molar-refractivity contribution < 1.29 is 14.6 Å². The van der Waals surface area contributed by atoms with Crippen LogP contribution >= 0.6 is 0 Å². The molecule has 0 radical (unpaired) electrons. The lowest BCUT2D eigenvalue weighted by atomic mass is 10.2. The first-order valence-corrected chi connectivity index (χ1v) is 3.35. The molecule has 0 aromatic rings. The number of nitrogens with zero attached hydrogens (tertiary/aromatic N) is 3. The van der Waals surface area contributed by atoms with E-state index in [4.69, 9.17) is 15.4 Å². The van der Waals surface area contributed by atoms with Gasteiger partial charge in [-0.3, -0.25) is 0 Å². The maximum Gasteiger partial charge on any atom is 0.404 e. The van der Waals surface area contributed by atoms with Crippen LogP contribution in [0.1, 0.15) is 0 Å². The topological polar surface area (TPSA) is 107 Å². The fourth-order valence-electron chi connectivity index (χ4n) is 1.02. The fourth-order valence-corrected chi connectivity index (χ4v) is 1.02. The van der Waals surface area contributed by atoms with Crippen molar-refractivity contribution in [3.63, 3.8) is 0 Å². The Morgan fingerprint density at radius 2 is 2.50 bits per heavy atom. The van der Waals surface area contributed by atoms with Crippen LogP contribution in [0.2, 0.25) is 0 Å². The Balaban J connectivity index is 2.51. The minimum absolute atomic E-state index is 0.260. The summed E-state index contributed by atoms with van der Waals surface area (Å²) in [6, 6.07) is -0.843. The Kier molecular flexibility index (Phi) is 2.73. The van der Waals surface area contributed by atoms with E-state index in [0.717, 1.165) is 0 Å². The smallest absolute Gasteiger partial charge is 0.404 e. The van der Waals surface area contributed by atoms with E-state index in [-0.39, 0.29) is 13.2 Å². The summed E-state index contributed by atoms with van der Waals surface area (Å²) in [4.78, 5) is 12.8. The lowest BCUT2D eigenvalue weighted by Crippen LogP contribution is -2.40. The van der Waals surface area contributed by atoms with Gasteiger partial charge >= 0.3 is 6.09 Å². The Hall–Kier alpha value is -1.46. The zero-order chi connectivity index (χ0) is 8.97. The van der Waals surface area contributed by atoms with Crippen LogP contribution in [0.25, 0.3) is 10.4 Å². The average molecular weight is 172 g/mol. The maximum atomic E-state index is 10.2. The van der Waals surface area contributed by atoms with Crippen LogP contribution in [-0.2, 0) is 4.74 Å². The molecular weight excluding hydrogens is 164 g/mol. The Morgan fingerprint density at radius 3 is 3.08 bits per heavy atom. The molecule has 0 spiro atoms. The molecule has 2 atom stereocenters. The number of hydrogen-bond donors (Lipinski definition) is 2. The highest BCUT2D eigenvalue weighted by Gasteiger charge is 2.28. The minimum atomic E-state index is -1.14. The molecule has 1 rings (SSSR count). The second-order valence-corrected chi connectivity index (χ2v) is 2.37. The number of carboxylic acid groups (broad SMARTS) is 1. The van der Waals surface area contributed by atoms with E-state index >= 15 is 0 Å². The SMILES string of the molecule is [N-]=[N+]=N[C@@H]1COC[C@@H]1NC(=O)O. The molecule has 1 aliphatic rings. The zero-order valence-corrected chi connectivity index (χ0v) is 6.17. The molecule has 1 saturated heterocycles. The van der Waals surface area contributed by atoms with E-state index in [9.17, 15) is 4.79 Å². The van der Waals surface area contributed by atoms with Gasteiger partial charge in [0.1, 0.15) is 0 Å². The number of nitrogens with one attached hydrogen (secondary N) is 1. The van der Waals surface area contributed by atoms with Crippen molar-refractivity contribution >= 4 is 6.09 Å². The second kappa shape index (κ2) is 3.80. The number of hydrogen-bond acceptors (Lipinski definition) is 3.